The fraction of sp³-hybridized carbons (Fsp3) is 0.458. The van der Waals surface area contributed by atoms with E-state index in [2.05, 4.69) is 22.4 Å². The molecule has 1 N–H and O–H groups in total. The van der Waals surface area contributed by atoms with Gasteiger partial charge in [0.05, 0.1) is 12.7 Å². The Kier molecular flexibility index (Phi) is 7.83. The van der Waals surface area contributed by atoms with Crippen molar-refractivity contribution in [2.45, 2.75) is 40.0 Å². The number of carbonyl (C=O) groups excluding carboxylic acids is 2. The highest BCUT2D eigenvalue weighted by Gasteiger charge is 2.28. The van der Waals surface area contributed by atoms with Crippen LogP contribution in [-0.2, 0) is 9.53 Å². The van der Waals surface area contributed by atoms with Gasteiger partial charge in [-0.05, 0) is 57.8 Å². The van der Waals surface area contributed by atoms with E-state index < -0.39 is 5.97 Å². The number of benzene rings is 1. The smallest absolute Gasteiger partial charge is 0.341 e. The molecule has 31 heavy (non-hydrogen) atoms. The summed E-state index contributed by atoms with van der Waals surface area (Å²) in [5.41, 5.74) is 4.42. The van der Waals surface area contributed by atoms with Crippen molar-refractivity contribution in [1.82, 2.24) is 4.90 Å². The van der Waals surface area contributed by atoms with Crippen LogP contribution in [0.4, 0.5) is 5.00 Å². The van der Waals surface area contributed by atoms with Gasteiger partial charge < -0.3 is 15.0 Å². The number of ether oxygens (including phenoxy) is 1. The van der Waals surface area contributed by atoms with Gasteiger partial charge in [0.25, 0.3) is 0 Å². The number of rotatable bonds is 7. The lowest BCUT2D eigenvalue weighted by Gasteiger charge is -2.30. The Hall–Kier alpha value is -2.69. The van der Waals surface area contributed by atoms with Crippen molar-refractivity contribution in [2.75, 3.05) is 31.6 Å². The van der Waals surface area contributed by atoms with E-state index in [1.807, 2.05) is 31.4 Å². The minimum atomic E-state index is -0.416. The zero-order chi connectivity index (χ0) is 22.4. The molecule has 3 rings (SSSR count). The second-order valence-corrected chi connectivity index (χ2v) is 8.79. The first-order chi connectivity index (χ1) is 14.9. The first-order valence-electron chi connectivity index (χ1n) is 10.7. The molecule has 0 radical (unpaired) electrons. The van der Waals surface area contributed by atoms with Crippen LogP contribution in [0.25, 0.3) is 11.1 Å². The number of nitriles is 1. The van der Waals surface area contributed by atoms with Crippen LogP contribution in [0, 0.1) is 31.1 Å². The van der Waals surface area contributed by atoms with Crippen molar-refractivity contribution < 1.29 is 14.3 Å². The number of carbonyl (C=O) groups is 2. The third-order valence-electron chi connectivity index (χ3n) is 5.68. The molecule has 0 unspecified atom stereocenters. The zero-order valence-electron chi connectivity index (χ0n) is 18.4. The van der Waals surface area contributed by atoms with Gasteiger partial charge in [0.15, 0.2) is 0 Å². The molecule has 1 aliphatic rings. The summed E-state index contributed by atoms with van der Waals surface area (Å²) in [6.45, 7) is 8.48. The number of aryl methyl sites for hydroxylation is 2. The van der Waals surface area contributed by atoms with Gasteiger partial charge in [-0.3, -0.25) is 4.79 Å². The van der Waals surface area contributed by atoms with Crippen molar-refractivity contribution in [3.63, 3.8) is 0 Å². The summed E-state index contributed by atoms with van der Waals surface area (Å²) in [6, 6.07) is 8.28. The molecule has 2 aromatic rings. The van der Waals surface area contributed by atoms with Crippen LogP contribution in [0.3, 0.4) is 0 Å². The first-order valence-corrected chi connectivity index (χ1v) is 11.6. The minimum Gasteiger partial charge on any atom is -0.462 e. The van der Waals surface area contributed by atoms with E-state index in [0.717, 1.165) is 54.7 Å². The lowest BCUT2D eigenvalue weighted by Crippen LogP contribution is -2.38. The van der Waals surface area contributed by atoms with E-state index in [1.165, 1.54) is 11.3 Å². The van der Waals surface area contributed by atoms with E-state index in [-0.39, 0.29) is 18.4 Å². The third-order valence-corrected chi connectivity index (χ3v) is 6.57. The van der Waals surface area contributed by atoms with E-state index in [0.29, 0.717) is 17.0 Å². The molecular weight excluding hydrogens is 410 g/mol. The van der Waals surface area contributed by atoms with E-state index in [1.54, 1.807) is 6.92 Å². The summed E-state index contributed by atoms with van der Waals surface area (Å²) in [6.07, 6.45) is 2.01. The summed E-state index contributed by atoms with van der Waals surface area (Å²) < 4.78 is 5.31. The molecule has 0 aliphatic carbocycles. The lowest BCUT2D eigenvalue weighted by molar-refractivity contribution is -0.121. The molecule has 7 heteroatoms. The van der Waals surface area contributed by atoms with Gasteiger partial charge in [-0.25, -0.2) is 4.79 Å². The highest BCUT2D eigenvalue weighted by Crippen LogP contribution is 2.38. The van der Waals surface area contributed by atoms with Crippen LogP contribution in [-0.4, -0.2) is 43.0 Å². The highest BCUT2D eigenvalue weighted by molar-refractivity contribution is 7.15. The predicted molar refractivity (Wildman–Crippen MR) is 123 cm³/mol. The molecule has 1 aromatic carbocycles. The molecule has 1 saturated heterocycles. The Balaban J connectivity index is 1.80. The van der Waals surface area contributed by atoms with Crippen molar-refractivity contribution in [1.29, 1.82) is 5.26 Å². The van der Waals surface area contributed by atoms with Gasteiger partial charge in [0.2, 0.25) is 5.91 Å². The standard InChI is InChI=1S/C24H29N3O3S/c1-4-30-24(29)21-20(19-7-6-16(2)14-17(19)3)15-31-23(21)26-22(28)18-8-12-27(13-9-18)11-5-10-25/h6-7,14-15,18H,4-5,8-9,11-13H2,1-3H3,(H,26,28). The van der Waals surface area contributed by atoms with Gasteiger partial charge in [0.1, 0.15) is 10.6 Å². The summed E-state index contributed by atoms with van der Waals surface area (Å²) in [5.74, 6) is -0.570. The topological polar surface area (TPSA) is 82.4 Å². The zero-order valence-corrected chi connectivity index (χ0v) is 19.2. The van der Waals surface area contributed by atoms with Crippen LogP contribution < -0.4 is 5.32 Å². The van der Waals surface area contributed by atoms with Gasteiger partial charge in [0, 0.05) is 29.8 Å². The Labute approximate surface area is 187 Å². The van der Waals surface area contributed by atoms with Crippen molar-refractivity contribution in [3.8, 4) is 17.2 Å². The van der Waals surface area contributed by atoms with Gasteiger partial charge in [-0.1, -0.05) is 23.8 Å². The molecule has 0 spiro atoms. The quantitative estimate of drug-likeness (QED) is 0.628. The molecule has 0 saturated carbocycles. The van der Waals surface area contributed by atoms with Crippen LogP contribution in [0.2, 0.25) is 0 Å². The summed E-state index contributed by atoms with van der Waals surface area (Å²) in [4.78, 5) is 28.0. The molecule has 2 heterocycles. The van der Waals surface area contributed by atoms with Crippen molar-refractivity contribution >= 4 is 28.2 Å². The predicted octanol–water partition coefficient (Wildman–Crippen LogP) is 4.77. The largest absolute Gasteiger partial charge is 0.462 e. The summed E-state index contributed by atoms with van der Waals surface area (Å²) >= 11 is 1.36. The maximum Gasteiger partial charge on any atom is 0.341 e. The van der Waals surface area contributed by atoms with Crippen molar-refractivity contribution in [2.24, 2.45) is 5.92 Å². The minimum absolute atomic E-state index is 0.0560. The van der Waals surface area contributed by atoms with E-state index in [9.17, 15) is 9.59 Å². The molecule has 6 nitrogen and oxygen atoms in total. The monoisotopic (exact) mass is 439 g/mol. The molecule has 0 atom stereocenters. The number of hydrogen-bond donors (Lipinski definition) is 1. The van der Waals surface area contributed by atoms with Crippen LogP contribution >= 0.6 is 11.3 Å². The summed E-state index contributed by atoms with van der Waals surface area (Å²) in [7, 11) is 0. The van der Waals surface area contributed by atoms with E-state index >= 15 is 0 Å². The fourth-order valence-electron chi connectivity index (χ4n) is 4.01. The number of esters is 1. The summed E-state index contributed by atoms with van der Waals surface area (Å²) in [5, 5.41) is 14.2. The van der Waals surface area contributed by atoms with Gasteiger partial charge in [-0.2, -0.15) is 5.26 Å². The van der Waals surface area contributed by atoms with Crippen molar-refractivity contribution in [3.05, 3.63) is 40.3 Å². The Bertz CT molecular complexity index is 984. The number of nitrogens with one attached hydrogen (secondary N) is 1. The maximum atomic E-state index is 13.0. The molecule has 1 fully saturated rings. The number of anilines is 1. The highest BCUT2D eigenvalue weighted by atomic mass is 32.1. The Morgan fingerprint density at radius 1 is 1.26 bits per heavy atom. The van der Waals surface area contributed by atoms with E-state index in [4.69, 9.17) is 10.00 Å². The number of thiophene rings is 1. The normalized spacial score (nSPS) is 14.8. The second-order valence-electron chi connectivity index (χ2n) is 7.91. The average molecular weight is 440 g/mol. The van der Waals surface area contributed by atoms with Crippen LogP contribution in [0.1, 0.15) is 47.7 Å². The first kappa shape index (κ1) is 23.0. The molecule has 1 amide bonds. The molecule has 1 aromatic heterocycles. The fourth-order valence-corrected chi connectivity index (χ4v) is 4.96. The Morgan fingerprint density at radius 2 is 2.00 bits per heavy atom. The van der Waals surface area contributed by atoms with Gasteiger partial charge in [-0.15, -0.1) is 11.3 Å². The van der Waals surface area contributed by atoms with Gasteiger partial charge >= 0.3 is 5.97 Å². The molecule has 1 aliphatic heterocycles. The second kappa shape index (κ2) is 10.6. The number of amides is 1. The average Bonchev–Trinajstić information content (AvgIpc) is 3.16. The maximum absolute atomic E-state index is 13.0. The van der Waals surface area contributed by atoms with Crippen LogP contribution in [0.15, 0.2) is 23.6 Å². The molecule has 164 valence electrons. The number of hydrogen-bond acceptors (Lipinski definition) is 6. The Morgan fingerprint density at radius 3 is 2.65 bits per heavy atom. The third kappa shape index (κ3) is 5.52. The number of likely N-dealkylation sites (tertiary alicyclic amines) is 1. The molecule has 0 bridgehead atoms. The SMILES string of the molecule is CCOC(=O)c1c(-c2ccc(C)cc2C)csc1NC(=O)C1CCN(CCC#N)CC1. The van der Waals surface area contributed by atoms with Crippen LogP contribution in [0.5, 0.6) is 0 Å². The number of nitrogens with zero attached hydrogens (tertiary/aromatic N) is 2. The number of piperidine rings is 1. The lowest BCUT2D eigenvalue weighted by atomic mass is 9.95. The molecular formula is C24H29N3O3S.